The first-order chi connectivity index (χ1) is 10.1. The molecular weight excluding hydrogens is 268 g/mol. The first-order valence-electron chi connectivity index (χ1n) is 7.35. The van der Waals surface area contributed by atoms with E-state index in [0.717, 1.165) is 24.0 Å². The average Bonchev–Trinajstić information content (AvgIpc) is 2.51. The average molecular weight is 288 g/mol. The molecule has 0 aliphatic carbocycles. The lowest BCUT2D eigenvalue weighted by Crippen LogP contribution is -2.58. The Bertz CT molecular complexity index is 550. The molecule has 2 amide bonds. The van der Waals surface area contributed by atoms with Crippen LogP contribution in [0.5, 0.6) is 0 Å². The Morgan fingerprint density at radius 3 is 2.62 bits per heavy atom. The highest BCUT2D eigenvalue weighted by molar-refractivity contribution is 5.95. The Hall–Kier alpha value is -1.88. The highest BCUT2D eigenvalue weighted by Gasteiger charge is 2.40. The van der Waals surface area contributed by atoms with Crippen LogP contribution in [0.3, 0.4) is 0 Å². The Balaban J connectivity index is 1.65. The van der Waals surface area contributed by atoms with E-state index in [1.165, 1.54) is 0 Å². The lowest BCUT2D eigenvalue weighted by Gasteiger charge is -2.43. The molecule has 0 atom stereocenters. The van der Waals surface area contributed by atoms with Gasteiger partial charge in [-0.25, -0.2) is 0 Å². The van der Waals surface area contributed by atoms with Crippen molar-refractivity contribution in [2.75, 3.05) is 26.2 Å². The van der Waals surface area contributed by atoms with E-state index >= 15 is 0 Å². The third-order valence-electron chi connectivity index (χ3n) is 4.45. The van der Waals surface area contributed by atoms with Crippen LogP contribution in [0, 0.1) is 6.92 Å². The van der Waals surface area contributed by atoms with E-state index in [-0.39, 0.29) is 24.0 Å². The number of likely N-dealkylation sites (tertiary alicyclic amines) is 1. The summed E-state index contributed by atoms with van der Waals surface area (Å²) in [6, 6.07) is 7.67. The number of morpholine rings is 1. The van der Waals surface area contributed by atoms with Crippen molar-refractivity contribution < 1.29 is 14.3 Å². The normalized spacial score (nSPS) is 21.2. The van der Waals surface area contributed by atoms with Gasteiger partial charge in [0.05, 0.1) is 5.60 Å². The third kappa shape index (κ3) is 2.78. The number of piperidine rings is 1. The van der Waals surface area contributed by atoms with E-state index in [2.05, 4.69) is 5.32 Å². The zero-order valence-electron chi connectivity index (χ0n) is 12.2. The molecule has 3 rings (SSSR count). The lowest BCUT2D eigenvalue weighted by atomic mass is 9.89. The maximum Gasteiger partial charge on any atom is 0.254 e. The van der Waals surface area contributed by atoms with Gasteiger partial charge in [-0.15, -0.1) is 0 Å². The van der Waals surface area contributed by atoms with Crippen molar-refractivity contribution in [2.45, 2.75) is 25.4 Å². The van der Waals surface area contributed by atoms with Gasteiger partial charge in [0.2, 0.25) is 5.91 Å². The van der Waals surface area contributed by atoms with Crippen LogP contribution < -0.4 is 5.32 Å². The van der Waals surface area contributed by atoms with Crippen LogP contribution in [-0.2, 0) is 9.53 Å². The van der Waals surface area contributed by atoms with Crippen LogP contribution in [-0.4, -0.2) is 48.6 Å². The molecule has 2 heterocycles. The Labute approximate surface area is 124 Å². The summed E-state index contributed by atoms with van der Waals surface area (Å²) in [6.07, 6.45) is 1.54. The summed E-state index contributed by atoms with van der Waals surface area (Å²) in [6.45, 7) is 3.98. The van der Waals surface area contributed by atoms with Gasteiger partial charge in [0.25, 0.3) is 5.91 Å². The number of rotatable bonds is 1. The van der Waals surface area contributed by atoms with E-state index < -0.39 is 0 Å². The minimum atomic E-state index is -0.281. The molecule has 0 saturated carbocycles. The fraction of sp³-hybridized carbons (Fsp3) is 0.500. The number of hydrogen-bond acceptors (Lipinski definition) is 3. The predicted octanol–water partition coefficient (Wildman–Crippen LogP) is 1.12. The fourth-order valence-corrected chi connectivity index (χ4v) is 3.00. The number of carbonyl (C=O) groups is 2. The molecule has 1 aromatic rings. The standard InChI is InChI=1S/C16H20N2O3/c1-12-4-2-3-5-13(12)15(20)18-8-6-16(7-9-18)11-17-14(19)10-21-16/h2-5H,6-11H2,1H3,(H,17,19). The Morgan fingerprint density at radius 1 is 1.29 bits per heavy atom. The molecule has 0 bridgehead atoms. The van der Waals surface area contributed by atoms with Gasteiger partial charge in [-0.2, -0.15) is 0 Å². The molecule has 1 aromatic carbocycles. The minimum Gasteiger partial charge on any atom is -0.363 e. The third-order valence-corrected chi connectivity index (χ3v) is 4.45. The summed E-state index contributed by atoms with van der Waals surface area (Å²) >= 11 is 0. The lowest BCUT2D eigenvalue weighted by molar-refractivity contribution is -0.149. The number of nitrogens with zero attached hydrogens (tertiary/aromatic N) is 1. The number of ether oxygens (including phenoxy) is 1. The Kier molecular flexibility index (Phi) is 3.68. The fourth-order valence-electron chi connectivity index (χ4n) is 3.00. The summed E-state index contributed by atoms with van der Waals surface area (Å²) in [5.41, 5.74) is 1.49. The first-order valence-corrected chi connectivity index (χ1v) is 7.35. The minimum absolute atomic E-state index is 0.0564. The molecule has 0 aromatic heterocycles. The van der Waals surface area contributed by atoms with E-state index in [1.54, 1.807) is 0 Å². The molecule has 112 valence electrons. The summed E-state index contributed by atoms with van der Waals surface area (Å²) in [5, 5.41) is 2.86. The largest absolute Gasteiger partial charge is 0.363 e. The van der Waals surface area contributed by atoms with Crippen LogP contribution in [0.4, 0.5) is 0 Å². The van der Waals surface area contributed by atoms with E-state index in [9.17, 15) is 9.59 Å². The highest BCUT2D eigenvalue weighted by Crippen LogP contribution is 2.28. The molecule has 2 aliphatic rings. The van der Waals surface area contributed by atoms with Crippen molar-refractivity contribution in [1.82, 2.24) is 10.2 Å². The van der Waals surface area contributed by atoms with Crippen molar-refractivity contribution in [2.24, 2.45) is 0 Å². The summed E-state index contributed by atoms with van der Waals surface area (Å²) in [4.78, 5) is 25.6. The molecule has 0 radical (unpaired) electrons. The molecule has 2 saturated heterocycles. The van der Waals surface area contributed by atoms with Crippen LogP contribution in [0.25, 0.3) is 0 Å². The Morgan fingerprint density at radius 2 is 2.00 bits per heavy atom. The maximum absolute atomic E-state index is 12.6. The number of benzene rings is 1. The molecule has 2 fully saturated rings. The van der Waals surface area contributed by atoms with Gasteiger partial charge in [0.1, 0.15) is 6.61 Å². The molecule has 5 heteroatoms. The van der Waals surface area contributed by atoms with Crippen LogP contribution >= 0.6 is 0 Å². The number of aryl methyl sites for hydroxylation is 1. The monoisotopic (exact) mass is 288 g/mol. The van der Waals surface area contributed by atoms with Gasteiger partial charge in [-0.1, -0.05) is 18.2 Å². The van der Waals surface area contributed by atoms with Gasteiger partial charge in [0, 0.05) is 25.2 Å². The maximum atomic E-state index is 12.6. The summed E-state index contributed by atoms with van der Waals surface area (Å²) in [7, 11) is 0. The molecule has 0 unspecified atom stereocenters. The number of amides is 2. The van der Waals surface area contributed by atoms with E-state index in [4.69, 9.17) is 4.74 Å². The van der Waals surface area contributed by atoms with E-state index in [1.807, 2.05) is 36.1 Å². The van der Waals surface area contributed by atoms with Crippen molar-refractivity contribution in [3.05, 3.63) is 35.4 Å². The first kappa shape index (κ1) is 14.1. The second kappa shape index (κ2) is 5.48. The van der Waals surface area contributed by atoms with Gasteiger partial charge in [-0.05, 0) is 31.4 Å². The van der Waals surface area contributed by atoms with E-state index in [0.29, 0.717) is 19.6 Å². The number of carbonyl (C=O) groups excluding carboxylic acids is 2. The summed E-state index contributed by atoms with van der Waals surface area (Å²) in [5.74, 6) is 0.0295. The van der Waals surface area contributed by atoms with Crippen LogP contribution in [0.15, 0.2) is 24.3 Å². The molecule has 21 heavy (non-hydrogen) atoms. The zero-order valence-corrected chi connectivity index (χ0v) is 12.2. The highest BCUT2D eigenvalue weighted by atomic mass is 16.5. The van der Waals surface area contributed by atoms with Crippen LogP contribution in [0.1, 0.15) is 28.8 Å². The van der Waals surface area contributed by atoms with Crippen molar-refractivity contribution in [3.63, 3.8) is 0 Å². The van der Waals surface area contributed by atoms with Crippen LogP contribution in [0.2, 0.25) is 0 Å². The van der Waals surface area contributed by atoms with Crippen molar-refractivity contribution in [1.29, 1.82) is 0 Å². The van der Waals surface area contributed by atoms with Gasteiger partial charge in [-0.3, -0.25) is 9.59 Å². The topological polar surface area (TPSA) is 58.6 Å². The molecule has 1 N–H and O–H groups in total. The number of nitrogens with one attached hydrogen (secondary N) is 1. The molecule has 1 spiro atoms. The second-order valence-corrected chi connectivity index (χ2v) is 5.86. The second-order valence-electron chi connectivity index (χ2n) is 5.86. The summed E-state index contributed by atoms with van der Waals surface area (Å²) < 4.78 is 5.73. The quantitative estimate of drug-likeness (QED) is 0.842. The smallest absolute Gasteiger partial charge is 0.254 e. The van der Waals surface area contributed by atoms with Gasteiger partial charge < -0.3 is 15.0 Å². The van der Waals surface area contributed by atoms with Crippen molar-refractivity contribution in [3.8, 4) is 0 Å². The molecule has 2 aliphatic heterocycles. The molecule has 5 nitrogen and oxygen atoms in total. The van der Waals surface area contributed by atoms with Crippen molar-refractivity contribution >= 4 is 11.8 Å². The molecular formula is C16H20N2O3. The SMILES string of the molecule is Cc1ccccc1C(=O)N1CCC2(CC1)CNC(=O)CO2. The number of hydrogen-bond donors (Lipinski definition) is 1. The zero-order chi connectivity index (χ0) is 14.9. The van der Waals surface area contributed by atoms with Gasteiger partial charge >= 0.3 is 0 Å². The van der Waals surface area contributed by atoms with Gasteiger partial charge in [0.15, 0.2) is 0 Å². The predicted molar refractivity (Wildman–Crippen MR) is 78.0 cm³/mol.